The molecule has 1 aromatic carbocycles. The van der Waals surface area contributed by atoms with Gasteiger partial charge in [-0.25, -0.2) is 0 Å². The number of benzene rings is 1. The highest BCUT2D eigenvalue weighted by Crippen LogP contribution is 2.25. The number of carbonyl (C=O) groups excluding carboxylic acids is 1. The summed E-state index contributed by atoms with van der Waals surface area (Å²) in [4.78, 5) is 12.6. The number of rotatable bonds is 6. The number of nitrogens with zero attached hydrogens (tertiary/aromatic N) is 5. The van der Waals surface area contributed by atoms with Crippen LogP contribution >= 0.6 is 0 Å². The van der Waals surface area contributed by atoms with Crippen LogP contribution in [0.25, 0.3) is 5.82 Å². The molecular weight excluding hydrogens is 320 g/mol. The van der Waals surface area contributed by atoms with E-state index in [1.54, 1.807) is 48.6 Å². The van der Waals surface area contributed by atoms with Crippen molar-refractivity contribution in [1.82, 2.24) is 24.5 Å². The van der Waals surface area contributed by atoms with E-state index in [-0.39, 0.29) is 5.91 Å². The van der Waals surface area contributed by atoms with E-state index in [1.807, 2.05) is 11.6 Å². The lowest BCUT2D eigenvalue weighted by Gasteiger charge is -2.08. The number of methoxy groups -OCH3 is 1. The zero-order valence-electron chi connectivity index (χ0n) is 14.4. The normalized spacial score (nSPS) is 10.7. The number of aromatic nitrogens is 5. The third-order valence-corrected chi connectivity index (χ3v) is 3.88. The van der Waals surface area contributed by atoms with Gasteiger partial charge in [-0.05, 0) is 37.6 Å². The van der Waals surface area contributed by atoms with Gasteiger partial charge in [0.15, 0.2) is 5.82 Å². The highest BCUT2D eigenvalue weighted by molar-refractivity contribution is 6.05. The van der Waals surface area contributed by atoms with Crippen LogP contribution in [-0.2, 0) is 6.54 Å². The van der Waals surface area contributed by atoms with Gasteiger partial charge in [-0.15, -0.1) is 10.2 Å². The minimum Gasteiger partial charge on any atom is -0.497 e. The SMILES string of the molecule is CCCn1nc(-n2cnnc2)c(NC(=O)c2ccc(OC)cc2)c1C. The van der Waals surface area contributed by atoms with Gasteiger partial charge in [-0.1, -0.05) is 6.92 Å². The highest BCUT2D eigenvalue weighted by atomic mass is 16.5. The van der Waals surface area contributed by atoms with Gasteiger partial charge in [0.1, 0.15) is 24.1 Å². The summed E-state index contributed by atoms with van der Waals surface area (Å²) < 4.78 is 8.68. The summed E-state index contributed by atoms with van der Waals surface area (Å²) in [6.07, 6.45) is 4.05. The molecule has 1 amide bonds. The van der Waals surface area contributed by atoms with Crippen LogP contribution < -0.4 is 10.1 Å². The maximum absolute atomic E-state index is 12.6. The van der Waals surface area contributed by atoms with E-state index in [1.165, 1.54) is 0 Å². The van der Waals surface area contributed by atoms with E-state index in [4.69, 9.17) is 4.74 Å². The fourth-order valence-corrected chi connectivity index (χ4v) is 2.52. The second-order valence-corrected chi connectivity index (χ2v) is 5.56. The van der Waals surface area contributed by atoms with Crippen molar-refractivity contribution in [3.05, 3.63) is 48.2 Å². The predicted molar refractivity (Wildman–Crippen MR) is 93.1 cm³/mol. The summed E-state index contributed by atoms with van der Waals surface area (Å²) in [6, 6.07) is 6.95. The zero-order chi connectivity index (χ0) is 17.8. The van der Waals surface area contributed by atoms with E-state index in [0.717, 1.165) is 18.7 Å². The number of ether oxygens (including phenoxy) is 1. The molecule has 130 valence electrons. The number of anilines is 1. The number of amides is 1. The molecular formula is C17H20N6O2. The van der Waals surface area contributed by atoms with Crippen LogP contribution in [-0.4, -0.2) is 37.6 Å². The van der Waals surface area contributed by atoms with Crippen molar-refractivity contribution in [3.8, 4) is 11.6 Å². The fraction of sp³-hybridized carbons (Fsp3) is 0.294. The van der Waals surface area contributed by atoms with Gasteiger partial charge in [0.05, 0.1) is 12.8 Å². The Bertz CT molecular complexity index is 852. The van der Waals surface area contributed by atoms with Gasteiger partial charge in [0.2, 0.25) is 0 Å². The summed E-state index contributed by atoms with van der Waals surface area (Å²) >= 11 is 0. The average molecular weight is 340 g/mol. The quantitative estimate of drug-likeness (QED) is 0.745. The molecule has 0 saturated heterocycles. The molecule has 0 aliphatic rings. The molecule has 0 radical (unpaired) electrons. The Labute approximate surface area is 145 Å². The molecule has 0 atom stereocenters. The van der Waals surface area contributed by atoms with Gasteiger partial charge in [0.25, 0.3) is 5.91 Å². The first kappa shape index (κ1) is 16.7. The van der Waals surface area contributed by atoms with Gasteiger partial charge in [-0.3, -0.25) is 14.0 Å². The maximum Gasteiger partial charge on any atom is 0.255 e. The second kappa shape index (κ2) is 7.16. The first-order valence-corrected chi connectivity index (χ1v) is 8.01. The lowest BCUT2D eigenvalue weighted by molar-refractivity contribution is 0.102. The molecule has 3 aromatic rings. The molecule has 2 heterocycles. The fourth-order valence-electron chi connectivity index (χ4n) is 2.52. The Hall–Kier alpha value is -3.16. The minimum absolute atomic E-state index is 0.212. The van der Waals surface area contributed by atoms with E-state index in [0.29, 0.717) is 22.8 Å². The van der Waals surface area contributed by atoms with Crippen LogP contribution in [0.1, 0.15) is 29.4 Å². The van der Waals surface area contributed by atoms with Crippen LogP contribution in [0.3, 0.4) is 0 Å². The Morgan fingerprint density at radius 3 is 2.48 bits per heavy atom. The predicted octanol–water partition coefficient (Wildman–Crippen LogP) is 2.44. The van der Waals surface area contributed by atoms with Crippen molar-refractivity contribution >= 4 is 11.6 Å². The Kier molecular flexibility index (Phi) is 4.78. The molecule has 0 aliphatic carbocycles. The summed E-state index contributed by atoms with van der Waals surface area (Å²) in [6.45, 7) is 4.77. The molecule has 0 fully saturated rings. The van der Waals surface area contributed by atoms with Gasteiger partial charge < -0.3 is 10.1 Å². The molecule has 0 aliphatic heterocycles. The maximum atomic E-state index is 12.6. The molecule has 0 bridgehead atoms. The van der Waals surface area contributed by atoms with Crippen molar-refractivity contribution in [2.75, 3.05) is 12.4 Å². The topological polar surface area (TPSA) is 86.9 Å². The van der Waals surface area contributed by atoms with Crippen LogP contribution in [0.2, 0.25) is 0 Å². The van der Waals surface area contributed by atoms with Crippen LogP contribution in [0.5, 0.6) is 5.75 Å². The summed E-state index contributed by atoms with van der Waals surface area (Å²) in [7, 11) is 1.59. The monoisotopic (exact) mass is 340 g/mol. The number of carbonyl (C=O) groups is 1. The number of aryl methyl sites for hydroxylation is 1. The lowest BCUT2D eigenvalue weighted by Crippen LogP contribution is -2.14. The standard InChI is InChI=1S/C17H20N6O2/c1-4-9-23-12(2)15(16(21-23)22-10-18-19-11-22)20-17(24)13-5-7-14(25-3)8-6-13/h5-8,10-11H,4,9H2,1-3H3,(H,20,24). The lowest BCUT2D eigenvalue weighted by atomic mass is 10.2. The third kappa shape index (κ3) is 3.37. The third-order valence-electron chi connectivity index (χ3n) is 3.88. The smallest absolute Gasteiger partial charge is 0.255 e. The van der Waals surface area contributed by atoms with Crippen molar-refractivity contribution < 1.29 is 9.53 Å². The Morgan fingerprint density at radius 2 is 1.88 bits per heavy atom. The summed E-state index contributed by atoms with van der Waals surface area (Å²) in [5.74, 6) is 1.09. The van der Waals surface area contributed by atoms with Crippen molar-refractivity contribution in [3.63, 3.8) is 0 Å². The summed E-state index contributed by atoms with van der Waals surface area (Å²) in [5.41, 5.74) is 2.07. The molecule has 8 heteroatoms. The van der Waals surface area contributed by atoms with Gasteiger partial charge in [0, 0.05) is 12.1 Å². The van der Waals surface area contributed by atoms with E-state index in [2.05, 4.69) is 27.5 Å². The second-order valence-electron chi connectivity index (χ2n) is 5.56. The number of nitrogens with one attached hydrogen (secondary N) is 1. The first-order valence-electron chi connectivity index (χ1n) is 8.01. The average Bonchev–Trinajstić information content (AvgIpc) is 3.26. The van der Waals surface area contributed by atoms with Crippen LogP contribution in [0.4, 0.5) is 5.69 Å². The molecule has 2 aromatic heterocycles. The zero-order valence-corrected chi connectivity index (χ0v) is 14.4. The number of hydrogen-bond donors (Lipinski definition) is 1. The van der Waals surface area contributed by atoms with Crippen LogP contribution in [0.15, 0.2) is 36.9 Å². The number of hydrogen-bond acceptors (Lipinski definition) is 5. The molecule has 25 heavy (non-hydrogen) atoms. The van der Waals surface area contributed by atoms with Gasteiger partial charge >= 0.3 is 0 Å². The summed E-state index contributed by atoms with van der Waals surface area (Å²) in [5, 5.41) is 15.2. The van der Waals surface area contributed by atoms with Crippen molar-refractivity contribution in [2.24, 2.45) is 0 Å². The Morgan fingerprint density at radius 1 is 1.20 bits per heavy atom. The molecule has 0 unspecified atom stereocenters. The Balaban J connectivity index is 1.93. The molecule has 0 saturated carbocycles. The van der Waals surface area contributed by atoms with Crippen molar-refractivity contribution in [1.29, 1.82) is 0 Å². The van der Waals surface area contributed by atoms with E-state index < -0.39 is 0 Å². The highest BCUT2D eigenvalue weighted by Gasteiger charge is 2.19. The molecule has 8 nitrogen and oxygen atoms in total. The van der Waals surface area contributed by atoms with E-state index >= 15 is 0 Å². The molecule has 3 rings (SSSR count). The minimum atomic E-state index is -0.212. The largest absolute Gasteiger partial charge is 0.497 e. The first-order chi connectivity index (χ1) is 12.1. The molecule has 1 N–H and O–H groups in total. The van der Waals surface area contributed by atoms with Crippen molar-refractivity contribution in [2.45, 2.75) is 26.8 Å². The van der Waals surface area contributed by atoms with Crippen LogP contribution in [0, 0.1) is 6.92 Å². The van der Waals surface area contributed by atoms with E-state index in [9.17, 15) is 4.79 Å². The molecule has 0 spiro atoms. The van der Waals surface area contributed by atoms with Gasteiger partial charge in [-0.2, -0.15) is 5.10 Å².